The maximum atomic E-state index is 4.19. The highest BCUT2D eigenvalue weighted by Gasteiger charge is 1.93. The molecule has 0 aliphatic heterocycles. The number of unbranched alkanes of at least 4 members (excludes halogenated alkanes) is 1. The molecule has 0 aliphatic rings. The van der Waals surface area contributed by atoms with E-state index in [-0.39, 0.29) is 0 Å². The molecule has 1 aromatic heterocycles. The van der Waals surface area contributed by atoms with E-state index in [0.717, 1.165) is 11.8 Å². The fourth-order valence-corrected chi connectivity index (χ4v) is 1.81. The second-order valence-corrected chi connectivity index (χ2v) is 3.84. The summed E-state index contributed by atoms with van der Waals surface area (Å²) in [5.41, 5.74) is 0. The Morgan fingerprint density at radius 3 is 3.00 bits per heavy atom. The average molecular weight is 220 g/mol. The molecule has 10 heavy (non-hydrogen) atoms. The summed E-state index contributed by atoms with van der Waals surface area (Å²) in [6, 6.07) is 0. The van der Waals surface area contributed by atoms with E-state index >= 15 is 0 Å². The van der Waals surface area contributed by atoms with Gasteiger partial charge in [-0.25, -0.2) is 4.98 Å². The number of thiazole rings is 1. The molecule has 0 aromatic carbocycles. The van der Waals surface area contributed by atoms with E-state index in [0.29, 0.717) is 0 Å². The molecule has 0 aliphatic carbocycles. The van der Waals surface area contributed by atoms with E-state index < -0.39 is 0 Å². The summed E-state index contributed by atoms with van der Waals surface area (Å²) in [5.74, 6) is 0. The van der Waals surface area contributed by atoms with Gasteiger partial charge in [-0.2, -0.15) is 0 Å². The fourth-order valence-electron chi connectivity index (χ4n) is 0.747. The number of halogens is 1. The smallest absolute Gasteiger partial charge is 0.0924 e. The summed E-state index contributed by atoms with van der Waals surface area (Å²) in [7, 11) is 0. The van der Waals surface area contributed by atoms with Crippen LogP contribution in [0.25, 0.3) is 0 Å². The molecule has 0 saturated carbocycles. The lowest BCUT2D eigenvalue weighted by atomic mass is 10.3. The molecule has 0 fully saturated rings. The lowest BCUT2D eigenvalue weighted by molar-refractivity contribution is 0.800. The van der Waals surface area contributed by atoms with Gasteiger partial charge in [0.05, 0.1) is 5.01 Å². The van der Waals surface area contributed by atoms with Gasteiger partial charge >= 0.3 is 0 Å². The first-order valence-corrected chi connectivity index (χ1v) is 5.38. The van der Waals surface area contributed by atoms with E-state index in [1.54, 1.807) is 11.3 Å². The number of rotatable bonds is 4. The Kier molecular flexibility index (Phi) is 3.98. The number of nitrogens with zero attached hydrogens (tertiary/aromatic N) is 1. The van der Waals surface area contributed by atoms with Crippen LogP contribution in [-0.4, -0.2) is 10.3 Å². The molecule has 0 saturated heterocycles. The first-order valence-electron chi connectivity index (χ1n) is 3.38. The van der Waals surface area contributed by atoms with Gasteiger partial charge in [0.1, 0.15) is 0 Å². The Hall–Kier alpha value is 0.110. The predicted octanol–water partition coefficient (Wildman–Crippen LogP) is 2.86. The Morgan fingerprint density at radius 2 is 2.40 bits per heavy atom. The van der Waals surface area contributed by atoms with Crippen LogP contribution in [0, 0.1) is 0 Å². The van der Waals surface area contributed by atoms with Crippen molar-refractivity contribution < 1.29 is 0 Å². The summed E-state index contributed by atoms with van der Waals surface area (Å²) in [6.07, 6.45) is 5.51. The van der Waals surface area contributed by atoms with Crippen molar-refractivity contribution in [3.63, 3.8) is 0 Å². The molecule has 1 heterocycles. The zero-order valence-corrected chi connectivity index (χ0v) is 8.12. The minimum atomic E-state index is 1.11. The molecule has 3 heteroatoms. The molecule has 1 rings (SSSR count). The van der Waals surface area contributed by atoms with Crippen molar-refractivity contribution in [3.05, 3.63) is 16.6 Å². The van der Waals surface area contributed by atoms with Gasteiger partial charge in [0.15, 0.2) is 0 Å². The largest absolute Gasteiger partial charge is 0.250 e. The zero-order valence-electron chi connectivity index (χ0n) is 5.72. The Balaban J connectivity index is 2.15. The predicted molar refractivity (Wildman–Crippen MR) is 48.8 cm³/mol. The molecule has 0 amide bonds. The van der Waals surface area contributed by atoms with E-state index in [2.05, 4.69) is 20.9 Å². The van der Waals surface area contributed by atoms with Crippen molar-refractivity contribution in [2.75, 3.05) is 5.33 Å². The van der Waals surface area contributed by atoms with E-state index in [9.17, 15) is 0 Å². The molecular formula is C7H10BrNS. The third-order valence-corrected chi connectivity index (χ3v) is 2.66. The van der Waals surface area contributed by atoms with E-state index in [4.69, 9.17) is 0 Å². The highest BCUT2D eigenvalue weighted by atomic mass is 79.9. The zero-order chi connectivity index (χ0) is 7.23. The molecule has 0 radical (unpaired) electrons. The second-order valence-electron chi connectivity index (χ2n) is 2.07. The van der Waals surface area contributed by atoms with E-state index in [1.807, 2.05) is 11.6 Å². The number of aryl methyl sites for hydroxylation is 1. The number of alkyl halides is 1. The van der Waals surface area contributed by atoms with Crippen molar-refractivity contribution in [2.45, 2.75) is 19.3 Å². The van der Waals surface area contributed by atoms with Crippen molar-refractivity contribution in [1.29, 1.82) is 0 Å². The summed E-state index contributed by atoms with van der Waals surface area (Å²) in [6.45, 7) is 0. The van der Waals surface area contributed by atoms with E-state index in [1.165, 1.54) is 17.8 Å². The summed E-state index contributed by atoms with van der Waals surface area (Å²) in [5, 5.41) is 4.41. The van der Waals surface area contributed by atoms with Gasteiger partial charge in [-0.1, -0.05) is 15.9 Å². The van der Waals surface area contributed by atoms with Crippen LogP contribution in [-0.2, 0) is 6.42 Å². The molecule has 0 N–H and O–H groups in total. The van der Waals surface area contributed by atoms with Crippen molar-refractivity contribution in [1.82, 2.24) is 4.98 Å². The van der Waals surface area contributed by atoms with Gasteiger partial charge in [-0.15, -0.1) is 11.3 Å². The molecule has 1 nitrogen and oxygen atoms in total. The van der Waals surface area contributed by atoms with Crippen LogP contribution in [0.3, 0.4) is 0 Å². The molecule has 0 bridgehead atoms. The standard InChI is InChI=1S/C7H10BrNS/c8-4-2-1-3-7-9-5-6-10-7/h5-6H,1-4H2. The van der Waals surface area contributed by atoms with Gasteiger partial charge in [0, 0.05) is 16.9 Å². The molecule has 1 aromatic rings. The number of aromatic nitrogens is 1. The van der Waals surface area contributed by atoms with Gasteiger partial charge in [0.25, 0.3) is 0 Å². The average Bonchev–Trinajstić information content (AvgIpc) is 2.41. The fraction of sp³-hybridized carbons (Fsp3) is 0.571. The molecular weight excluding hydrogens is 210 g/mol. The Morgan fingerprint density at radius 1 is 1.50 bits per heavy atom. The van der Waals surface area contributed by atoms with Crippen molar-refractivity contribution in [2.24, 2.45) is 0 Å². The Bertz CT molecular complexity index is 162. The van der Waals surface area contributed by atoms with Crippen molar-refractivity contribution in [3.8, 4) is 0 Å². The van der Waals surface area contributed by atoms with Gasteiger partial charge in [-0.05, 0) is 19.3 Å². The van der Waals surface area contributed by atoms with Crippen LogP contribution in [0.5, 0.6) is 0 Å². The third-order valence-electron chi connectivity index (χ3n) is 1.26. The summed E-state index contributed by atoms with van der Waals surface area (Å²) in [4.78, 5) is 4.19. The monoisotopic (exact) mass is 219 g/mol. The Labute approximate surface area is 73.6 Å². The van der Waals surface area contributed by atoms with Gasteiger partial charge < -0.3 is 0 Å². The lowest BCUT2D eigenvalue weighted by Crippen LogP contribution is -1.83. The normalized spacial score (nSPS) is 10.1. The van der Waals surface area contributed by atoms with Gasteiger partial charge in [0.2, 0.25) is 0 Å². The number of hydrogen-bond donors (Lipinski definition) is 0. The van der Waals surface area contributed by atoms with Crippen LogP contribution in [0.1, 0.15) is 17.8 Å². The maximum absolute atomic E-state index is 4.19. The van der Waals surface area contributed by atoms with Crippen LogP contribution >= 0.6 is 27.3 Å². The third kappa shape index (κ3) is 2.80. The molecule has 56 valence electrons. The van der Waals surface area contributed by atoms with Crippen LogP contribution in [0.2, 0.25) is 0 Å². The second kappa shape index (κ2) is 4.85. The SMILES string of the molecule is BrCCCCc1nccs1. The molecule has 0 spiro atoms. The maximum Gasteiger partial charge on any atom is 0.0924 e. The topological polar surface area (TPSA) is 12.9 Å². The highest BCUT2D eigenvalue weighted by Crippen LogP contribution is 2.08. The first kappa shape index (κ1) is 8.21. The van der Waals surface area contributed by atoms with Gasteiger partial charge in [-0.3, -0.25) is 0 Å². The first-order chi connectivity index (χ1) is 4.93. The highest BCUT2D eigenvalue weighted by molar-refractivity contribution is 9.09. The van der Waals surface area contributed by atoms with Crippen LogP contribution < -0.4 is 0 Å². The summed E-state index contributed by atoms with van der Waals surface area (Å²) < 4.78 is 0. The van der Waals surface area contributed by atoms with Crippen LogP contribution in [0.4, 0.5) is 0 Å². The van der Waals surface area contributed by atoms with Crippen LogP contribution in [0.15, 0.2) is 11.6 Å². The summed E-state index contributed by atoms with van der Waals surface area (Å²) >= 11 is 5.14. The molecule has 0 unspecified atom stereocenters. The number of hydrogen-bond acceptors (Lipinski definition) is 2. The van der Waals surface area contributed by atoms with Crippen molar-refractivity contribution >= 4 is 27.3 Å². The minimum absolute atomic E-state index is 1.11. The minimum Gasteiger partial charge on any atom is -0.250 e. The lowest BCUT2D eigenvalue weighted by Gasteiger charge is -1.91. The molecule has 0 atom stereocenters. The quantitative estimate of drug-likeness (QED) is 0.561.